The van der Waals surface area contributed by atoms with Crippen LogP contribution in [0.5, 0.6) is 0 Å². The van der Waals surface area contributed by atoms with Crippen molar-refractivity contribution in [3.63, 3.8) is 0 Å². The third-order valence-corrected chi connectivity index (χ3v) is 4.12. The van der Waals surface area contributed by atoms with Crippen molar-refractivity contribution in [3.05, 3.63) is 42.5 Å². The normalized spacial score (nSPS) is 15.9. The van der Waals surface area contributed by atoms with Crippen LogP contribution >= 0.6 is 0 Å². The second kappa shape index (κ2) is 6.18. The third-order valence-electron chi connectivity index (χ3n) is 4.12. The number of hydrogen-bond donors (Lipinski definition) is 1. The molecule has 1 aliphatic rings. The first-order valence-electron chi connectivity index (χ1n) is 7.63. The van der Waals surface area contributed by atoms with Gasteiger partial charge in [0.15, 0.2) is 6.10 Å². The van der Waals surface area contributed by atoms with E-state index in [0.717, 1.165) is 30.0 Å². The maximum atomic E-state index is 12.1. The maximum absolute atomic E-state index is 12.1. The van der Waals surface area contributed by atoms with E-state index in [4.69, 9.17) is 4.74 Å². The Balaban J connectivity index is 1.62. The van der Waals surface area contributed by atoms with E-state index >= 15 is 0 Å². The molecule has 1 atom stereocenters. The van der Waals surface area contributed by atoms with Gasteiger partial charge in [0.1, 0.15) is 0 Å². The van der Waals surface area contributed by atoms with Gasteiger partial charge in [-0.3, -0.25) is 9.59 Å². The molecule has 1 N–H and O–H groups in total. The monoisotopic (exact) mass is 297 g/mol. The summed E-state index contributed by atoms with van der Waals surface area (Å²) in [7, 11) is 0. The van der Waals surface area contributed by atoms with Crippen molar-refractivity contribution < 1.29 is 14.3 Å². The summed E-state index contributed by atoms with van der Waals surface area (Å²) in [4.78, 5) is 23.9. The smallest absolute Gasteiger partial charge is 0.309 e. The Hall–Kier alpha value is -2.36. The molecule has 2 aromatic rings. The van der Waals surface area contributed by atoms with Gasteiger partial charge < -0.3 is 10.1 Å². The van der Waals surface area contributed by atoms with E-state index in [1.807, 2.05) is 42.5 Å². The summed E-state index contributed by atoms with van der Waals surface area (Å²) in [6, 6.07) is 13.7. The Morgan fingerprint density at radius 3 is 2.55 bits per heavy atom. The highest BCUT2D eigenvalue weighted by molar-refractivity contribution is 5.97. The first-order valence-corrected chi connectivity index (χ1v) is 7.63. The van der Waals surface area contributed by atoms with Crippen LogP contribution in [0, 0.1) is 5.92 Å². The lowest BCUT2D eigenvalue weighted by Crippen LogP contribution is -2.34. The molecule has 1 fully saturated rings. The molecule has 2 aromatic carbocycles. The molecule has 1 aliphatic carbocycles. The van der Waals surface area contributed by atoms with Crippen LogP contribution in [0.3, 0.4) is 0 Å². The second-order valence-corrected chi connectivity index (χ2v) is 5.76. The molecule has 4 heteroatoms. The lowest BCUT2D eigenvalue weighted by Gasteiger charge is -2.24. The summed E-state index contributed by atoms with van der Waals surface area (Å²) in [5.74, 6) is -0.578. The zero-order chi connectivity index (χ0) is 15.5. The lowest BCUT2D eigenvalue weighted by molar-refractivity contribution is -0.159. The molecule has 0 heterocycles. The summed E-state index contributed by atoms with van der Waals surface area (Å²) < 4.78 is 5.22. The van der Waals surface area contributed by atoms with Crippen LogP contribution in [0.4, 0.5) is 5.69 Å². The number of benzene rings is 2. The van der Waals surface area contributed by atoms with Crippen LogP contribution in [0.1, 0.15) is 26.2 Å². The maximum Gasteiger partial charge on any atom is 0.309 e. The minimum atomic E-state index is -0.778. The van der Waals surface area contributed by atoms with E-state index in [9.17, 15) is 9.59 Å². The van der Waals surface area contributed by atoms with Crippen molar-refractivity contribution in [3.8, 4) is 0 Å². The Labute approximate surface area is 129 Å². The molecule has 0 saturated heterocycles. The third kappa shape index (κ3) is 3.11. The Morgan fingerprint density at radius 2 is 1.86 bits per heavy atom. The number of esters is 1. The van der Waals surface area contributed by atoms with Gasteiger partial charge in [-0.15, -0.1) is 0 Å². The van der Waals surface area contributed by atoms with Crippen LogP contribution in [0.15, 0.2) is 42.5 Å². The van der Waals surface area contributed by atoms with Gasteiger partial charge in [-0.1, -0.05) is 36.8 Å². The number of carbonyl (C=O) groups excluding carboxylic acids is 2. The highest BCUT2D eigenvalue weighted by atomic mass is 16.5. The van der Waals surface area contributed by atoms with Gasteiger partial charge in [0, 0.05) is 5.69 Å². The fourth-order valence-corrected chi connectivity index (χ4v) is 2.48. The number of rotatable bonds is 4. The van der Waals surface area contributed by atoms with Crippen LogP contribution in [-0.2, 0) is 14.3 Å². The summed E-state index contributed by atoms with van der Waals surface area (Å²) in [6.45, 7) is 1.60. The Morgan fingerprint density at radius 1 is 1.14 bits per heavy atom. The molecule has 0 aliphatic heterocycles. The average molecular weight is 297 g/mol. The molecular weight excluding hydrogens is 278 g/mol. The molecule has 114 valence electrons. The molecule has 0 unspecified atom stereocenters. The van der Waals surface area contributed by atoms with Crippen LogP contribution in [0.2, 0.25) is 0 Å². The standard InChI is InChI=1S/C18H19NO3/c1-12(22-18(21)14-7-4-8-14)17(20)19-16-10-9-13-5-2-3-6-15(13)11-16/h2-3,5-6,9-12,14H,4,7-8H2,1H3,(H,19,20)/t12-/m1/s1. The number of amides is 1. The SMILES string of the molecule is C[C@@H](OC(=O)C1CCC1)C(=O)Nc1ccc2ccccc2c1. The number of nitrogens with one attached hydrogen (secondary N) is 1. The van der Waals surface area contributed by atoms with E-state index in [1.165, 1.54) is 0 Å². The molecule has 0 aromatic heterocycles. The zero-order valence-electron chi connectivity index (χ0n) is 12.5. The van der Waals surface area contributed by atoms with Crippen molar-refractivity contribution >= 4 is 28.3 Å². The second-order valence-electron chi connectivity index (χ2n) is 5.76. The van der Waals surface area contributed by atoms with E-state index in [0.29, 0.717) is 5.69 Å². The predicted octanol–water partition coefficient (Wildman–Crippen LogP) is 3.51. The molecule has 3 rings (SSSR count). The molecule has 0 spiro atoms. The van der Waals surface area contributed by atoms with Crippen molar-refractivity contribution in [1.82, 2.24) is 0 Å². The summed E-state index contributed by atoms with van der Waals surface area (Å²) in [5, 5.41) is 4.97. The van der Waals surface area contributed by atoms with E-state index in [2.05, 4.69) is 5.32 Å². The number of ether oxygens (including phenoxy) is 1. The van der Waals surface area contributed by atoms with Gasteiger partial charge in [0.05, 0.1) is 5.92 Å². The highest BCUT2D eigenvalue weighted by Crippen LogP contribution is 2.28. The molecule has 0 radical (unpaired) electrons. The zero-order valence-corrected chi connectivity index (χ0v) is 12.5. The molecule has 0 bridgehead atoms. The first-order chi connectivity index (χ1) is 10.6. The van der Waals surface area contributed by atoms with E-state index in [-0.39, 0.29) is 17.8 Å². The Kier molecular flexibility index (Phi) is 4.09. The quantitative estimate of drug-likeness (QED) is 0.879. The summed E-state index contributed by atoms with van der Waals surface area (Å²) >= 11 is 0. The number of carbonyl (C=O) groups is 2. The van der Waals surface area contributed by atoms with Gasteiger partial charge in [0.2, 0.25) is 0 Å². The fraction of sp³-hybridized carbons (Fsp3) is 0.333. The predicted molar refractivity (Wildman–Crippen MR) is 85.5 cm³/mol. The van der Waals surface area contributed by atoms with Gasteiger partial charge in [-0.2, -0.15) is 0 Å². The molecule has 22 heavy (non-hydrogen) atoms. The number of anilines is 1. The number of fused-ring (bicyclic) bond motifs is 1. The minimum Gasteiger partial charge on any atom is -0.452 e. The van der Waals surface area contributed by atoms with Crippen LogP contribution in [-0.4, -0.2) is 18.0 Å². The van der Waals surface area contributed by atoms with E-state index in [1.54, 1.807) is 6.92 Å². The van der Waals surface area contributed by atoms with E-state index < -0.39 is 6.10 Å². The van der Waals surface area contributed by atoms with Crippen LogP contribution < -0.4 is 5.32 Å². The molecular formula is C18H19NO3. The highest BCUT2D eigenvalue weighted by Gasteiger charge is 2.29. The topological polar surface area (TPSA) is 55.4 Å². The van der Waals surface area contributed by atoms with Crippen molar-refractivity contribution in [2.45, 2.75) is 32.3 Å². The largest absolute Gasteiger partial charge is 0.452 e. The van der Waals surface area contributed by atoms with Gasteiger partial charge in [-0.25, -0.2) is 0 Å². The summed E-state index contributed by atoms with van der Waals surface area (Å²) in [6.07, 6.45) is 2.03. The van der Waals surface area contributed by atoms with Gasteiger partial charge in [0.25, 0.3) is 5.91 Å². The van der Waals surface area contributed by atoms with Gasteiger partial charge >= 0.3 is 5.97 Å². The van der Waals surface area contributed by atoms with Crippen molar-refractivity contribution in [2.24, 2.45) is 5.92 Å². The first kappa shape index (κ1) is 14.6. The Bertz CT molecular complexity index is 706. The average Bonchev–Trinajstić information content (AvgIpc) is 2.45. The summed E-state index contributed by atoms with van der Waals surface area (Å²) in [5.41, 5.74) is 0.704. The minimum absolute atomic E-state index is 0.0177. The fourth-order valence-electron chi connectivity index (χ4n) is 2.48. The van der Waals surface area contributed by atoms with Crippen LogP contribution in [0.25, 0.3) is 10.8 Å². The number of hydrogen-bond acceptors (Lipinski definition) is 3. The molecule has 1 saturated carbocycles. The lowest BCUT2D eigenvalue weighted by atomic mass is 9.86. The molecule has 1 amide bonds. The van der Waals surface area contributed by atoms with Crippen molar-refractivity contribution in [2.75, 3.05) is 5.32 Å². The van der Waals surface area contributed by atoms with Gasteiger partial charge in [-0.05, 0) is 42.7 Å². The van der Waals surface area contributed by atoms with Crippen molar-refractivity contribution in [1.29, 1.82) is 0 Å². The molecule has 4 nitrogen and oxygen atoms in total.